The molecule has 0 aliphatic heterocycles. The Hall–Kier alpha value is -1.55. The van der Waals surface area contributed by atoms with Crippen molar-refractivity contribution in [3.63, 3.8) is 0 Å². The van der Waals surface area contributed by atoms with E-state index in [1.54, 1.807) is 0 Å². The monoisotopic (exact) mass is 248 g/mol. The molecular formula is C14H20N2O2. The molecule has 0 saturated heterocycles. The third kappa shape index (κ3) is 4.04. The summed E-state index contributed by atoms with van der Waals surface area (Å²) in [7, 11) is 1.83. The highest BCUT2D eigenvalue weighted by atomic mass is 16.5. The summed E-state index contributed by atoms with van der Waals surface area (Å²) >= 11 is 0. The van der Waals surface area contributed by atoms with Crippen molar-refractivity contribution in [1.29, 1.82) is 0 Å². The van der Waals surface area contributed by atoms with Crippen LogP contribution in [0.5, 0.6) is 5.75 Å². The van der Waals surface area contributed by atoms with Crippen molar-refractivity contribution in [2.45, 2.75) is 19.3 Å². The van der Waals surface area contributed by atoms with Gasteiger partial charge in [-0.05, 0) is 37.9 Å². The van der Waals surface area contributed by atoms with E-state index in [-0.39, 0.29) is 5.91 Å². The zero-order valence-electron chi connectivity index (χ0n) is 10.7. The molecule has 18 heavy (non-hydrogen) atoms. The fourth-order valence-electron chi connectivity index (χ4n) is 1.64. The molecule has 0 bridgehead atoms. The van der Waals surface area contributed by atoms with Gasteiger partial charge in [0.1, 0.15) is 5.75 Å². The van der Waals surface area contributed by atoms with Gasteiger partial charge in [0.15, 0.2) is 0 Å². The first-order valence-corrected chi connectivity index (χ1v) is 6.46. The minimum absolute atomic E-state index is 0.00632. The van der Waals surface area contributed by atoms with Crippen LogP contribution in [0.4, 0.5) is 5.69 Å². The van der Waals surface area contributed by atoms with Gasteiger partial charge in [0.2, 0.25) is 5.91 Å². The normalized spacial score (nSPS) is 14.3. The Kier molecular flexibility index (Phi) is 4.59. The van der Waals surface area contributed by atoms with Crippen LogP contribution < -0.4 is 15.4 Å². The molecule has 98 valence electrons. The predicted octanol–water partition coefficient (Wildman–Crippen LogP) is 2.02. The Morgan fingerprint density at radius 1 is 1.39 bits per heavy atom. The zero-order valence-corrected chi connectivity index (χ0v) is 10.7. The maximum atomic E-state index is 11.7. The second-order valence-corrected chi connectivity index (χ2v) is 4.65. The molecule has 0 unspecified atom stereocenters. The number of carbonyl (C=O) groups excluding carboxylic acids is 1. The number of ether oxygens (including phenoxy) is 1. The van der Waals surface area contributed by atoms with Crippen molar-refractivity contribution in [3.8, 4) is 5.75 Å². The molecule has 1 amide bonds. The van der Waals surface area contributed by atoms with E-state index >= 15 is 0 Å². The number of amides is 1. The fourth-order valence-corrected chi connectivity index (χ4v) is 1.64. The molecule has 0 atom stereocenters. The molecule has 2 N–H and O–H groups in total. The van der Waals surface area contributed by atoms with E-state index in [2.05, 4.69) is 10.6 Å². The van der Waals surface area contributed by atoms with Crippen LogP contribution >= 0.6 is 0 Å². The number of benzene rings is 1. The number of carbonyl (C=O) groups is 1. The topological polar surface area (TPSA) is 50.4 Å². The van der Waals surface area contributed by atoms with Gasteiger partial charge in [-0.1, -0.05) is 12.1 Å². The highest BCUT2D eigenvalue weighted by Gasteiger charge is 2.22. The second-order valence-electron chi connectivity index (χ2n) is 4.65. The summed E-state index contributed by atoms with van der Waals surface area (Å²) in [5.74, 6) is 1.48. The van der Waals surface area contributed by atoms with Crippen LogP contribution in [-0.4, -0.2) is 26.1 Å². The first kappa shape index (κ1) is 12.9. The van der Waals surface area contributed by atoms with Crippen molar-refractivity contribution in [2.75, 3.05) is 25.5 Å². The van der Waals surface area contributed by atoms with Crippen molar-refractivity contribution in [1.82, 2.24) is 5.32 Å². The molecule has 1 aliphatic rings. The zero-order chi connectivity index (χ0) is 12.8. The largest absolute Gasteiger partial charge is 0.491 e. The highest BCUT2D eigenvalue weighted by molar-refractivity contribution is 5.92. The summed E-state index contributed by atoms with van der Waals surface area (Å²) in [4.78, 5) is 11.7. The predicted molar refractivity (Wildman–Crippen MR) is 71.8 cm³/mol. The Morgan fingerprint density at radius 2 is 2.17 bits per heavy atom. The summed E-state index contributed by atoms with van der Waals surface area (Å²) in [6, 6.07) is 7.60. The molecule has 1 fully saturated rings. The summed E-state index contributed by atoms with van der Waals surface area (Å²) in [5, 5.41) is 5.84. The Morgan fingerprint density at radius 3 is 2.89 bits per heavy atom. The number of anilines is 1. The van der Waals surface area contributed by atoms with Gasteiger partial charge < -0.3 is 15.4 Å². The summed E-state index contributed by atoms with van der Waals surface area (Å²) in [6.45, 7) is 1.43. The standard InChI is InChI=1S/C14H20N2O2/c1-15-9-8-14(17)16-12-4-2-3-5-13(12)18-10-11-6-7-11/h2-5,11,15H,6-10H2,1H3,(H,16,17). The van der Waals surface area contributed by atoms with Gasteiger partial charge in [-0.3, -0.25) is 4.79 Å². The maximum absolute atomic E-state index is 11.7. The lowest BCUT2D eigenvalue weighted by Gasteiger charge is -2.12. The molecular weight excluding hydrogens is 228 g/mol. The third-order valence-electron chi connectivity index (χ3n) is 2.93. The molecule has 4 nitrogen and oxygen atoms in total. The van der Waals surface area contributed by atoms with E-state index in [0.717, 1.165) is 18.0 Å². The molecule has 2 rings (SSSR count). The van der Waals surface area contributed by atoms with Crippen LogP contribution in [0.25, 0.3) is 0 Å². The van der Waals surface area contributed by atoms with Crippen molar-refractivity contribution >= 4 is 11.6 Å². The van der Waals surface area contributed by atoms with Crippen LogP contribution in [0.15, 0.2) is 24.3 Å². The molecule has 0 radical (unpaired) electrons. The summed E-state index contributed by atoms with van der Waals surface area (Å²) in [5.41, 5.74) is 0.763. The number of hydrogen-bond acceptors (Lipinski definition) is 3. The van der Waals surface area contributed by atoms with Crippen LogP contribution in [-0.2, 0) is 4.79 Å². The van der Waals surface area contributed by atoms with Crippen LogP contribution in [0.2, 0.25) is 0 Å². The highest BCUT2D eigenvalue weighted by Crippen LogP contribution is 2.31. The van der Waals surface area contributed by atoms with Gasteiger partial charge in [0, 0.05) is 13.0 Å². The quantitative estimate of drug-likeness (QED) is 0.776. The summed E-state index contributed by atoms with van der Waals surface area (Å²) in [6.07, 6.45) is 2.99. The van der Waals surface area contributed by atoms with E-state index in [1.165, 1.54) is 12.8 Å². The van der Waals surface area contributed by atoms with Gasteiger partial charge in [0.25, 0.3) is 0 Å². The number of nitrogens with one attached hydrogen (secondary N) is 2. The van der Waals surface area contributed by atoms with Gasteiger partial charge in [-0.2, -0.15) is 0 Å². The maximum Gasteiger partial charge on any atom is 0.225 e. The van der Waals surface area contributed by atoms with Gasteiger partial charge in [-0.25, -0.2) is 0 Å². The van der Waals surface area contributed by atoms with Gasteiger partial charge in [0.05, 0.1) is 12.3 Å². The van der Waals surface area contributed by atoms with E-state index in [1.807, 2.05) is 31.3 Å². The van der Waals surface area contributed by atoms with E-state index in [9.17, 15) is 4.79 Å². The van der Waals surface area contributed by atoms with Gasteiger partial charge >= 0.3 is 0 Å². The molecule has 0 aromatic heterocycles. The lowest BCUT2D eigenvalue weighted by molar-refractivity contribution is -0.116. The Labute approximate surface area is 108 Å². The minimum atomic E-state index is 0.00632. The average Bonchev–Trinajstić information content (AvgIpc) is 3.19. The lowest BCUT2D eigenvalue weighted by atomic mass is 10.2. The first-order valence-electron chi connectivity index (χ1n) is 6.46. The Balaban J connectivity index is 1.90. The lowest BCUT2D eigenvalue weighted by Crippen LogP contribution is -2.19. The number of rotatable bonds is 7. The number of hydrogen-bond donors (Lipinski definition) is 2. The second kappa shape index (κ2) is 6.40. The molecule has 0 spiro atoms. The molecule has 1 aromatic carbocycles. The minimum Gasteiger partial charge on any atom is -0.491 e. The van der Waals surface area contributed by atoms with Crippen LogP contribution in [0.3, 0.4) is 0 Å². The molecule has 1 saturated carbocycles. The van der Waals surface area contributed by atoms with Crippen LogP contribution in [0, 0.1) is 5.92 Å². The van der Waals surface area contributed by atoms with E-state index < -0.39 is 0 Å². The molecule has 1 aliphatic carbocycles. The van der Waals surface area contributed by atoms with Gasteiger partial charge in [-0.15, -0.1) is 0 Å². The Bertz CT molecular complexity index is 403. The fraction of sp³-hybridized carbons (Fsp3) is 0.500. The number of para-hydroxylation sites is 2. The molecule has 1 aromatic rings. The smallest absolute Gasteiger partial charge is 0.225 e. The molecule has 0 heterocycles. The first-order chi connectivity index (χ1) is 8.79. The van der Waals surface area contributed by atoms with E-state index in [4.69, 9.17) is 4.74 Å². The third-order valence-corrected chi connectivity index (χ3v) is 2.93. The SMILES string of the molecule is CNCCC(=O)Nc1ccccc1OCC1CC1. The van der Waals surface area contributed by atoms with Crippen molar-refractivity contribution < 1.29 is 9.53 Å². The average molecular weight is 248 g/mol. The van der Waals surface area contributed by atoms with Crippen molar-refractivity contribution in [3.05, 3.63) is 24.3 Å². The summed E-state index contributed by atoms with van der Waals surface area (Å²) < 4.78 is 5.74. The van der Waals surface area contributed by atoms with Crippen LogP contribution in [0.1, 0.15) is 19.3 Å². The van der Waals surface area contributed by atoms with Crippen molar-refractivity contribution in [2.24, 2.45) is 5.92 Å². The van der Waals surface area contributed by atoms with E-state index in [0.29, 0.717) is 18.9 Å². The molecule has 4 heteroatoms.